The minimum atomic E-state index is -0.284. The number of benzene rings is 1. The van der Waals surface area contributed by atoms with Crippen LogP contribution in [0, 0.1) is 0 Å². The lowest BCUT2D eigenvalue weighted by Crippen LogP contribution is -2.46. The van der Waals surface area contributed by atoms with Crippen molar-refractivity contribution in [3.8, 4) is 5.75 Å². The first-order valence-electron chi connectivity index (χ1n) is 7.56. The average molecular weight is 327 g/mol. The molecule has 2 rings (SSSR count). The van der Waals surface area contributed by atoms with E-state index in [0.29, 0.717) is 43.1 Å². The quantitative estimate of drug-likeness (QED) is 0.873. The second kappa shape index (κ2) is 7.70. The van der Waals surface area contributed by atoms with Crippen molar-refractivity contribution in [2.45, 2.75) is 38.3 Å². The molecular weight excluding hydrogens is 304 g/mol. The lowest BCUT2D eigenvalue weighted by Gasteiger charge is -2.36. The topological polar surface area (TPSA) is 61.8 Å². The Labute approximate surface area is 136 Å². The van der Waals surface area contributed by atoms with E-state index in [0.717, 1.165) is 5.69 Å². The molecular formula is C16H23ClN2O3. The molecule has 2 N–H and O–H groups in total. The molecule has 0 aliphatic carbocycles. The van der Waals surface area contributed by atoms with Crippen LogP contribution >= 0.6 is 11.6 Å². The number of nitrogens with zero attached hydrogens (tertiary/aromatic N) is 1. The van der Waals surface area contributed by atoms with Crippen LogP contribution in [-0.4, -0.2) is 48.3 Å². The number of amides is 1. The zero-order valence-corrected chi connectivity index (χ0v) is 13.8. The molecule has 1 amide bonds. The van der Waals surface area contributed by atoms with E-state index < -0.39 is 0 Å². The van der Waals surface area contributed by atoms with Gasteiger partial charge in [0.05, 0.1) is 18.9 Å². The third-order valence-electron chi connectivity index (χ3n) is 3.98. The minimum absolute atomic E-state index is 0.0944. The second-order valence-electron chi connectivity index (χ2n) is 5.64. The molecule has 1 heterocycles. The Hall–Kier alpha value is -1.46. The van der Waals surface area contributed by atoms with Crippen LogP contribution in [0.25, 0.3) is 0 Å². The number of halogens is 1. The molecule has 1 aromatic rings. The molecule has 22 heavy (non-hydrogen) atoms. The lowest BCUT2D eigenvalue weighted by molar-refractivity contribution is -0.135. The Balaban J connectivity index is 1.86. The SMILES string of the molecule is COc1ccc(Cl)cc1NCCC(=O)N1CC[C@@H](O)C[C@@H]1C. The highest BCUT2D eigenvalue weighted by molar-refractivity contribution is 6.30. The molecule has 6 heteroatoms. The van der Waals surface area contributed by atoms with Crippen LogP contribution < -0.4 is 10.1 Å². The van der Waals surface area contributed by atoms with E-state index in [1.54, 1.807) is 25.3 Å². The van der Waals surface area contributed by atoms with Crippen molar-refractivity contribution in [1.29, 1.82) is 0 Å². The number of hydrogen-bond acceptors (Lipinski definition) is 4. The van der Waals surface area contributed by atoms with Crippen LogP contribution in [0.15, 0.2) is 18.2 Å². The number of aliphatic hydroxyl groups excluding tert-OH is 1. The number of ether oxygens (including phenoxy) is 1. The van der Waals surface area contributed by atoms with Crippen LogP contribution in [0.1, 0.15) is 26.2 Å². The third kappa shape index (κ3) is 4.27. The van der Waals surface area contributed by atoms with Gasteiger partial charge in [0.15, 0.2) is 0 Å². The van der Waals surface area contributed by atoms with Crippen LogP contribution in [0.4, 0.5) is 5.69 Å². The van der Waals surface area contributed by atoms with Gasteiger partial charge in [-0.05, 0) is 38.0 Å². The van der Waals surface area contributed by atoms with Crippen LogP contribution in [0.5, 0.6) is 5.75 Å². The van der Waals surface area contributed by atoms with E-state index in [9.17, 15) is 9.90 Å². The Bertz CT molecular complexity index is 524. The fourth-order valence-electron chi connectivity index (χ4n) is 2.78. The summed E-state index contributed by atoms with van der Waals surface area (Å²) in [6.07, 6.45) is 1.43. The molecule has 0 unspecified atom stereocenters. The van der Waals surface area contributed by atoms with Crippen LogP contribution in [0.3, 0.4) is 0 Å². The highest BCUT2D eigenvalue weighted by Gasteiger charge is 2.27. The summed E-state index contributed by atoms with van der Waals surface area (Å²) in [5.74, 6) is 0.805. The maximum absolute atomic E-state index is 12.3. The molecule has 0 radical (unpaired) electrons. The van der Waals surface area contributed by atoms with Crippen LogP contribution in [0.2, 0.25) is 5.02 Å². The highest BCUT2D eigenvalue weighted by Crippen LogP contribution is 2.27. The monoisotopic (exact) mass is 326 g/mol. The van der Waals surface area contributed by atoms with Crippen molar-refractivity contribution in [1.82, 2.24) is 4.90 Å². The van der Waals surface area contributed by atoms with E-state index in [1.165, 1.54) is 0 Å². The van der Waals surface area contributed by atoms with Gasteiger partial charge < -0.3 is 20.1 Å². The minimum Gasteiger partial charge on any atom is -0.495 e. The number of carbonyl (C=O) groups is 1. The molecule has 1 aliphatic heterocycles. The van der Waals surface area contributed by atoms with E-state index in [1.807, 2.05) is 11.8 Å². The summed E-state index contributed by atoms with van der Waals surface area (Å²) in [5.41, 5.74) is 0.782. The number of likely N-dealkylation sites (tertiary alicyclic amines) is 1. The first-order chi connectivity index (χ1) is 10.5. The maximum atomic E-state index is 12.3. The first kappa shape index (κ1) is 16.9. The summed E-state index contributed by atoms with van der Waals surface area (Å²) < 4.78 is 5.26. The summed E-state index contributed by atoms with van der Waals surface area (Å²) in [4.78, 5) is 14.1. The molecule has 0 saturated carbocycles. The van der Waals surface area contributed by atoms with Crippen LogP contribution in [-0.2, 0) is 4.79 Å². The zero-order valence-electron chi connectivity index (χ0n) is 13.0. The van der Waals surface area contributed by atoms with Gasteiger partial charge in [-0.15, -0.1) is 0 Å². The number of nitrogens with one attached hydrogen (secondary N) is 1. The molecule has 1 aliphatic rings. The first-order valence-corrected chi connectivity index (χ1v) is 7.94. The van der Waals surface area contributed by atoms with Gasteiger partial charge in [-0.25, -0.2) is 0 Å². The number of methoxy groups -OCH3 is 1. The van der Waals surface area contributed by atoms with Gasteiger partial charge in [0.1, 0.15) is 5.75 Å². The molecule has 1 fully saturated rings. The van der Waals surface area contributed by atoms with Crippen molar-refractivity contribution in [3.63, 3.8) is 0 Å². The second-order valence-corrected chi connectivity index (χ2v) is 6.07. The summed E-state index contributed by atoms with van der Waals surface area (Å²) in [7, 11) is 1.60. The standard InChI is InChI=1S/C16H23ClN2O3/c1-11-9-13(20)6-8-19(11)16(21)5-7-18-14-10-12(17)3-4-15(14)22-2/h3-4,10-11,13,18,20H,5-9H2,1-2H3/t11-,13+/m0/s1. The number of rotatable bonds is 5. The number of hydrogen-bond donors (Lipinski definition) is 2. The lowest BCUT2D eigenvalue weighted by atomic mass is 10.0. The summed E-state index contributed by atoms with van der Waals surface area (Å²) >= 11 is 5.98. The fraction of sp³-hybridized carbons (Fsp3) is 0.562. The summed E-state index contributed by atoms with van der Waals surface area (Å²) in [5, 5.41) is 13.4. The number of anilines is 1. The smallest absolute Gasteiger partial charge is 0.224 e. The molecule has 5 nitrogen and oxygen atoms in total. The molecule has 2 atom stereocenters. The largest absolute Gasteiger partial charge is 0.495 e. The fourth-order valence-corrected chi connectivity index (χ4v) is 2.96. The van der Waals surface area contributed by atoms with Gasteiger partial charge in [0, 0.05) is 30.6 Å². The van der Waals surface area contributed by atoms with Gasteiger partial charge in [0.25, 0.3) is 0 Å². The molecule has 1 saturated heterocycles. The predicted molar refractivity (Wildman–Crippen MR) is 87.5 cm³/mol. The Morgan fingerprint density at radius 1 is 1.55 bits per heavy atom. The summed E-state index contributed by atoms with van der Waals surface area (Å²) in [6, 6.07) is 5.43. The van der Waals surface area contributed by atoms with Crippen molar-refractivity contribution >= 4 is 23.2 Å². The van der Waals surface area contributed by atoms with Gasteiger partial charge in [-0.2, -0.15) is 0 Å². The molecule has 122 valence electrons. The van der Waals surface area contributed by atoms with Gasteiger partial charge >= 0.3 is 0 Å². The van der Waals surface area contributed by atoms with Gasteiger partial charge in [0.2, 0.25) is 5.91 Å². The van der Waals surface area contributed by atoms with E-state index >= 15 is 0 Å². The van der Waals surface area contributed by atoms with Crippen molar-refractivity contribution < 1.29 is 14.6 Å². The molecule has 1 aromatic carbocycles. The van der Waals surface area contributed by atoms with Crippen molar-refractivity contribution in [2.75, 3.05) is 25.5 Å². The number of piperidine rings is 1. The highest BCUT2D eigenvalue weighted by atomic mass is 35.5. The average Bonchev–Trinajstić information content (AvgIpc) is 2.47. The zero-order chi connectivity index (χ0) is 16.1. The number of carbonyl (C=O) groups excluding carboxylic acids is 1. The number of aliphatic hydroxyl groups is 1. The van der Waals surface area contributed by atoms with Gasteiger partial charge in [-0.3, -0.25) is 4.79 Å². The van der Waals surface area contributed by atoms with Gasteiger partial charge in [-0.1, -0.05) is 11.6 Å². The normalized spacial score (nSPS) is 21.5. The Kier molecular flexibility index (Phi) is 5.91. The summed E-state index contributed by atoms with van der Waals surface area (Å²) in [6.45, 7) is 3.12. The predicted octanol–water partition coefficient (Wildman–Crippen LogP) is 2.52. The molecule has 0 bridgehead atoms. The molecule has 0 aromatic heterocycles. The van der Waals surface area contributed by atoms with Crippen molar-refractivity contribution in [3.05, 3.63) is 23.2 Å². The van der Waals surface area contributed by atoms with E-state index in [4.69, 9.17) is 16.3 Å². The third-order valence-corrected chi connectivity index (χ3v) is 4.22. The maximum Gasteiger partial charge on any atom is 0.224 e. The van der Waals surface area contributed by atoms with E-state index in [-0.39, 0.29) is 18.1 Å². The Morgan fingerprint density at radius 2 is 2.32 bits per heavy atom. The van der Waals surface area contributed by atoms with Crippen molar-refractivity contribution in [2.24, 2.45) is 0 Å². The molecule has 0 spiro atoms. The van der Waals surface area contributed by atoms with E-state index in [2.05, 4.69) is 5.32 Å². The Morgan fingerprint density at radius 3 is 3.00 bits per heavy atom.